The number of piperazine rings is 1. The summed E-state index contributed by atoms with van der Waals surface area (Å²) in [5.74, 6) is -0.591. The molecular formula is C23H27FN6O3S. The summed E-state index contributed by atoms with van der Waals surface area (Å²) in [4.78, 5) is 12.7. The van der Waals surface area contributed by atoms with Gasteiger partial charge in [-0.15, -0.1) is 0 Å². The minimum Gasteiger partial charge on any atom is -0.392 e. The van der Waals surface area contributed by atoms with Crippen molar-refractivity contribution in [3.8, 4) is 0 Å². The predicted molar refractivity (Wildman–Crippen MR) is 130 cm³/mol. The highest BCUT2D eigenvalue weighted by Gasteiger charge is 2.18. The van der Waals surface area contributed by atoms with Crippen LogP contribution >= 0.6 is 0 Å². The molecule has 2 aromatic carbocycles. The van der Waals surface area contributed by atoms with Crippen LogP contribution in [0.25, 0.3) is 0 Å². The number of benzene rings is 2. The molecule has 180 valence electrons. The van der Waals surface area contributed by atoms with E-state index in [4.69, 9.17) is 0 Å². The molecule has 0 unspecified atom stereocenters. The van der Waals surface area contributed by atoms with Crippen molar-refractivity contribution >= 4 is 38.7 Å². The molecule has 3 aromatic rings. The van der Waals surface area contributed by atoms with Gasteiger partial charge in [-0.05, 0) is 42.9 Å². The third kappa shape index (κ3) is 5.79. The monoisotopic (exact) mass is 486 g/mol. The number of likely N-dealkylation sites (N-methyl/N-ethyl adjacent to an activating group) is 1. The second kappa shape index (κ2) is 9.92. The van der Waals surface area contributed by atoms with Gasteiger partial charge in [-0.2, -0.15) is 4.98 Å². The first-order chi connectivity index (χ1) is 16.2. The summed E-state index contributed by atoms with van der Waals surface area (Å²) >= 11 is 0. The number of anilines is 5. The highest BCUT2D eigenvalue weighted by atomic mass is 32.2. The van der Waals surface area contributed by atoms with Crippen molar-refractivity contribution in [1.82, 2.24) is 14.9 Å². The average Bonchev–Trinajstić information content (AvgIpc) is 2.81. The molecule has 1 aliphatic rings. The first-order valence-corrected chi connectivity index (χ1v) is 12.7. The van der Waals surface area contributed by atoms with Gasteiger partial charge in [-0.3, -0.25) is 0 Å². The molecule has 9 nitrogen and oxygen atoms in total. The van der Waals surface area contributed by atoms with Crippen molar-refractivity contribution in [2.24, 2.45) is 0 Å². The van der Waals surface area contributed by atoms with Gasteiger partial charge < -0.3 is 25.5 Å². The summed E-state index contributed by atoms with van der Waals surface area (Å²) in [5, 5.41) is 15.2. The number of halogens is 1. The Morgan fingerprint density at radius 1 is 1.06 bits per heavy atom. The lowest BCUT2D eigenvalue weighted by molar-refractivity contribution is 0.282. The van der Waals surface area contributed by atoms with Crippen LogP contribution in [0.2, 0.25) is 0 Å². The van der Waals surface area contributed by atoms with E-state index >= 15 is 0 Å². The summed E-state index contributed by atoms with van der Waals surface area (Å²) in [6.45, 7) is 3.16. The Kier molecular flexibility index (Phi) is 6.96. The average molecular weight is 487 g/mol. The number of sulfone groups is 1. The van der Waals surface area contributed by atoms with Crippen LogP contribution in [-0.4, -0.2) is 67.9 Å². The first kappa shape index (κ1) is 23.9. The van der Waals surface area contributed by atoms with Crippen molar-refractivity contribution in [1.29, 1.82) is 0 Å². The fourth-order valence-electron chi connectivity index (χ4n) is 3.65. The van der Waals surface area contributed by atoms with Gasteiger partial charge in [-0.1, -0.05) is 12.1 Å². The van der Waals surface area contributed by atoms with E-state index in [0.29, 0.717) is 16.9 Å². The van der Waals surface area contributed by atoms with Gasteiger partial charge in [0.1, 0.15) is 0 Å². The van der Waals surface area contributed by atoms with Crippen LogP contribution in [0.3, 0.4) is 0 Å². The number of hydrogen-bond acceptors (Lipinski definition) is 9. The largest absolute Gasteiger partial charge is 0.392 e. The summed E-state index contributed by atoms with van der Waals surface area (Å²) in [7, 11) is -1.41. The van der Waals surface area contributed by atoms with E-state index < -0.39 is 15.7 Å². The smallest absolute Gasteiger partial charge is 0.229 e. The zero-order valence-corrected chi connectivity index (χ0v) is 19.8. The van der Waals surface area contributed by atoms with Gasteiger partial charge in [0.2, 0.25) is 5.95 Å². The maximum absolute atomic E-state index is 14.4. The molecule has 0 amide bonds. The maximum atomic E-state index is 14.4. The zero-order chi connectivity index (χ0) is 24.3. The highest BCUT2D eigenvalue weighted by molar-refractivity contribution is 7.90. The number of rotatable bonds is 7. The van der Waals surface area contributed by atoms with Crippen LogP contribution < -0.4 is 15.5 Å². The minimum atomic E-state index is -3.46. The Bertz CT molecular complexity index is 1280. The molecule has 0 saturated carbocycles. The summed E-state index contributed by atoms with van der Waals surface area (Å²) < 4.78 is 39.0. The summed E-state index contributed by atoms with van der Waals surface area (Å²) in [6.07, 6.45) is 2.20. The van der Waals surface area contributed by atoms with E-state index in [-0.39, 0.29) is 23.3 Å². The van der Waals surface area contributed by atoms with Gasteiger partial charge in [0.05, 0.1) is 17.7 Å². The Morgan fingerprint density at radius 2 is 1.82 bits per heavy atom. The van der Waals surface area contributed by atoms with Crippen LogP contribution in [0.1, 0.15) is 5.56 Å². The molecule has 0 radical (unpaired) electrons. The van der Waals surface area contributed by atoms with E-state index in [1.165, 1.54) is 6.07 Å². The molecule has 0 aliphatic carbocycles. The van der Waals surface area contributed by atoms with Crippen molar-refractivity contribution in [2.45, 2.75) is 11.5 Å². The molecule has 2 heterocycles. The Hall–Kier alpha value is -3.28. The highest BCUT2D eigenvalue weighted by Crippen LogP contribution is 2.28. The SMILES string of the molecule is CN1CCN(c2cc(Nc3ncc(F)c(Nc4cccc(CO)c4)n3)cc(S(C)(=O)=O)c2)CC1. The van der Waals surface area contributed by atoms with Crippen molar-refractivity contribution in [3.63, 3.8) is 0 Å². The second-order valence-electron chi connectivity index (χ2n) is 8.28. The molecule has 11 heteroatoms. The number of nitrogens with one attached hydrogen (secondary N) is 2. The lowest BCUT2D eigenvalue weighted by Gasteiger charge is -2.34. The van der Waals surface area contributed by atoms with Crippen LogP contribution in [-0.2, 0) is 16.4 Å². The van der Waals surface area contributed by atoms with E-state index in [1.807, 2.05) is 6.07 Å². The van der Waals surface area contributed by atoms with Gasteiger partial charge in [0, 0.05) is 49.5 Å². The molecule has 34 heavy (non-hydrogen) atoms. The normalized spacial score (nSPS) is 14.8. The zero-order valence-electron chi connectivity index (χ0n) is 19.0. The van der Waals surface area contributed by atoms with E-state index in [0.717, 1.165) is 44.3 Å². The third-order valence-corrected chi connectivity index (χ3v) is 6.65. The molecule has 0 bridgehead atoms. The van der Waals surface area contributed by atoms with E-state index in [1.54, 1.807) is 30.3 Å². The van der Waals surface area contributed by atoms with Gasteiger partial charge >= 0.3 is 0 Å². The van der Waals surface area contributed by atoms with Crippen LogP contribution in [0, 0.1) is 5.82 Å². The standard InChI is InChI=1S/C23H27FN6O3S/c1-29-6-8-30(9-7-29)19-11-18(12-20(13-19)34(2,32)33)27-23-25-14-21(24)22(28-23)26-17-5-3-4-16(10-17)15-31/h3-5,10-14,31H,6-9,15H2,1-2H3,(H2,25,26,27,28). The number of nitrogens with zero attached hydrogens (tertiary/aromatic N) is 4. The third-order valence-electron chi connectivity index (χ3n) is 5.56. The molecule has 1 aromatic heterocycles. The van der Waals surface area contributed by atoms with Crippen LogP contribution in [0.5, 0.6) is 0 Å². The molecule has 1 fully saturated rings. The second-order valence-corrected chi connectivity index (χ2v) is 10.3. The van der Waals surface area contributed by atoms with Gasteiger partial charge in [-0.25, -0.2) is 17.8 Å². The minimum absolute atomic E-state index is 0.0499. The lowest BCUT2D eigenvalue weighted by Crippen LogP contribution is -2.44. The first-order valence-electron chi connectivity index (χ1n) is 10.8. The molecule has 1 aliphatic heterocycles. The molecule has 1 saturated heterocycles. The molecule has 0 atom stereocenters. The van der Waals surface area contributed by atoms with Gasteiger partial charge in [0.25, 0.3) is 0 Å². The van der Waals surface area contributed by atoms with Crippen molar-refractivity contribution in [2.75, 3.05) is 55.0 Å². The van der Waals surface area contributed by atoms with E-state index in [2.05, 4.69) is 37.4 Å². The fourth-order valence-corrected chi connectivity index (χ4v) is 4.32. The predicted octanol–water partition coefficient (Wildman–Crippen LogP) is 2.75. The number of hydrogen-bond donors (Lipinski definition) is 3. The summed E-state index contributed by atoms with van der Waals surface area (Å²) in [6, 6.07) is 11.9. The quantitative estimate of drug-likeness (QED) is 0.464. The Morgan fingerprint density at radius 3 is 2.53 bits per heavy atom. The van der Waals surface area contributed by atoms with Crippen LogP contribution in [0.4, 0.5) is 33.2 Å². The van der Waals surface area contributed by atoms with E-state index in [9.17, 15) is 17.9 Å². The molecule has 3 N–H and O–H groups in total. The van der Waals surface area contributed by atoms with Crippen molar-refractivity contribution in [3.05, 3.63) is 60.0 Å². The van der Waals surface area contributed by atoms with Crippen molar-refractivity contribution < 1.29 is 17.9 Å². The molecular weight excluding hydrogens is 459 g/mol. The molecule has 4 rings (SSSR count). The number of aromatic nitrogens is 2. The summed E-state index contributed by atoms with van der Waals surface area (Å²) in [5.41, 5.74) is 2.50. The number of aliphatic hydroxyl groups is 1. The Balaban J connectivity index is 1.62. The topological polar surface area (TPSA) is 111 Å². The van der Waals surface area contributed by atoms with Crippen LogP contribution in [0.15, 0.2) is 53.6 Å². The Labute approximate surface area is 198 Å². The molecule has 0 spiro atoms. The van der Waals surface area contributed by atoms with Gasteiger partial charge in [0.15, 0.2) is 21.5 Å². The number of aliphatic hydroxyl groups excluding tert-OH is 1. The maximum Gasteiger partial charge on any atom is 0.229 e. The fraction of sp³-hybridized carbons (Fsp3) is 0.304. The lowest BCUT2D eigenvalue weighted by atomic mass is 10.2.